The lowest BCUT2D eigenvalue weighted by Gasteiger charge is -2.28. The number of likely N-dealkylation sites (N-methyl/N-ethyl adjacent to an activating group) is 1. The number of nitrogens with zero attached hydrogens (tertiary/aromatic N) is 5. The Hall–Kier alpha value is -5.69. The number of aryl methyl sites for hydroxylation is 1. The summed E-state index contributed by atoms with van der Waals surface area (Å²) in [6, 6.07) is 20.0. The van der Waals surface area contributed by atoms with E-state index in [0.29, 0.717) is 28.4 Å². The van der Waals surface area contributed by atoms with Crippen LogP contribution in [0.3, 0.4) is 0 Å². The van der Waals surface area contributed by atoms with Crippen LogP contribution in [0.25, 0.3) is 28.2 Å². The van der Waals surface area contributed by atoms with Gasteiger partial charge in [0.1, 0.15) is 34.5 Å². The van der Waals surface area contributed by atoms with E-state index in [0.717, 1.165) is 22.5 Å². The molecular weight excluding hydrogens is 580 g/mol. The molecule has 1 N–H and O–H groups in total. The van der Waals surface area contributed by atoms with E-state index in [1.807, 2.05) is 78.2 Å². The Morgan fingerprint density at radius 3 is 2.46 bits per heavy atom. The largest absolute Gasteiger partial charge is 0.481 e. The Morgan fingerprint density at radius 2 is 1.74 bits per heavy atom. The number of carbonyl (C=O) groups excluding carboxylic acids is 2. The molecule has 0 aliphatic carbocycles. The second-order valence-corrected chi connectivity index (χ2v) is 11.8. The van der Waals surface area contributed by atoms with E-state index in [9.17, 15) is 9.59 Å². The lowest BCUT2D eigenvalue weighted by atomic mass is 10.0. The fraction of sp³-hybridized carbons (Fsp3) is 0.250. The minimum absolute atomic E-state index is 0.278. The zero-order chi connectivity index (χ0) is 33.0. The van der Waals surface area contributed by atoms with E-state index in [1.54, 1.807) is 47.1 Å². The minimum Gasteiger partial charge on any atom is -0.481 e. The lowest BCUT2D eigenvalue weighted by Crippen LogP contribution is -2.45. The summed E-state index contributed by atoms with van der Waals surface area (Å²) in [5, 5.41) is 2.84. The van der Waals surface area contributed by atoms with Gasteiger partial charge in [0.2, 0.25) is 11.8 Å². The number of anilines is 1. The predicted octanol–water partition coefficient (Wildman–Crippen LogP) is 6.37. The van der Waals surface area contributed by atoms with Crippen molar-refractivity contribution in [3.05, 3.63) is 95.9 Å². The van der Waals surface area contributed by atoms with E-state index in [4.69, 9.17) is 19.4 Å². The molecule has 10 nitrogen and oxygen atoms in total. The summed E-state index contributed by atoms with van der Waals surface area (Å²) in [6.07, 6.45) is 3.02. The average Bonchev–Trinajstić information content (AvgIpc) is 3.40. The van der Waals surface area contributed by atoms with Crippen molar-refractivity contribution in [2.45, 2.75) is 46.3 Å². The van der Waals surface area contributed by atoms with Gasteiger partial charge < -0.3 is 14.8 Å². The molecule has 4 aromatic heterocycles. The number of nitrogens with one attached hydrogen (secondary N) is 1. The summed E-state index contributed by atoms with van der Waals surface area (Å²) in [6.45, 7) is 8.95. The molecule has 1 aromatic carbocycles. The summed E-state index contributed by atoms with van der Waals surface area (Å²) >= 11 is 0. The predicted molar refractivity (Wildman–Crippen MR) is 177 cm³/mol. The van der Waals surface area contributed by atoms with Crippen LogP contribution in [0.1, 0.15) is 44.5 Å². The van der Waals surface area contributed by atoms with Crippen molar-refractivity contribution >= 4 is 23.5 Å². The molecule has 0 radical (unpaired) electrons. The Bertz CT molecular complexity index is 1970. The molecule has 10 heteroatoms. The Balaban J connectivity index is 1.62. The van der Waals surface area contributed by atoms with Crippen LogP contribution in [0.15, 0.2) is 79.1 Å². The van der Waals surface area contributed by atoms with E-state index in [-0.39, 0.29) is 5.82 Å². The summed E-state index contributed by atoms with van der Waals surface area (Å²) in [7, 11) is 3.09. The van der Waals surface area contributed by atoms with E-state index >= 15 is 0 Å². The molecule has 0 saturated carbocycles. The molecule has 5 rings (SSSR count). The van der Waals surface area contributed by atoms with E-state index < -0.39 is 23.6 Å². The van der Waals surface area contributed by atoms with Crippen LogP contribution >= 0.6 is 0 Å². The Morgan fingerprint density at radius 1 is 0.978 bits per heavy atom. The number of imidazole rings is 1. The Kier molecular flexibility index (Phi) is 9.05. The van der Waals surface area contributed by atoms with Crippen LogP contribution in [0.2, 0.25) is 0 Å². The van der Waals surface area contributed by atoms with Crippen molar-refractivity contribution in [2.75, 3.05) is 19.5 Å². The SMILES string of the molecule is COc1ncccc1-c1nc2cc(C)ccn2c1-c1ccc(NC(=O)C(C)N(C)C(=O)OC(C)(C)C)nc1C#Cc1ccccc1. The monoisotopic (exact) mass is 616 g/mol. The number of aromatic nitrogens is 4. The van der Waals surface area contributed by atoms with Crippen molar-refractivity contribution in [3.8, 4) is 40.2 Å². The van der Waals surface area contributed by atoms with Crippen molar-refractivity contribution < 1.29 is 19.1 Å². The molecular formula is C36H36N6O4. The molecule has 5 aromatic rings. The van der Waals surface area contributed by atoms with Gasteiger partial charge in [-0.25, -0.2) is 19.7 Å². The molecule has 0 spiro atoms. The van der Waals surface area contributed by atoms with Gasteiger partial charge in [-0.3, -0.25) is 14.1 Å². The topological polar surface area (TPSA) is 111 Å². The first-order valence-electron chi connectivity index (χ1n) is 14.8. The van der Waals surface area contributed by atoms with Crippen LogP contribution < -0.4 is 10.1 Å². The number of fused-ring (bicyclic) bond motifs is 1. The van der Waals surface area contributed by atoms with Gasteiger partial charge in [0, 0.05) is 30.6 Å². The van der Waals surface area contributed by atoms with E-state index in [1.165, 1.54) is 11.9 Å². The normalized spacial score (nSPS) is 11.7. The third-order valence-corrected chi connectivity index (χ3v) is 7.14. The van der Waals surface area contributed by atoms with Gasteiger partial charge in [-0.15, -0.1) is 0 Å². The zero-order valence-electron chi connectivity index (χ0n) is 27.0. The second-order valence-electron chi connectivity index (χ2n) is 11.8. The molecule has 0 fully saturated rings. The van der Waals surface area contributed by atoms with Crippen LogP contribution in [0.4, 0.5) is 10.6 Å². The highest BCUT2D eigenvalue weighted by atomic mass is 16.6. The quantitative estimate of drug-likeness (QED) is 0.221. The molecule has 4 heterocycles. The maximum atomic E-state index is 13.3. The molecule has 234 valence electrons. The standard InChI is InChI=1S/C36H36N6O4/c1-23-19-21-42-30(22-23)40-31(27-14-11-20-37-34(27)45-7)32(42)26-16-18-29(38-28(26)17-15-25-12-9-8-10-13-25)39-33(43)24(2)41(6)35(44)46-36(3,4)5/h8-14,16,18-22,24H,1-7H3,(H,38,39,43). The van der Waals surface area contributed by atoms with Crippen molar-refractivity contribution in [3.63, 3.8) is 0 Å². The molecule has 0 saturated heterocycles. The third-order valence-electron chi connectivity index (χ3n) is 7.14. The van der Waals surface area contributed by atoms with Gasteiger partial charge in [-0.2, -0.15) is 0 Å². The summed E-state index contributed by atoms with van der Waals surface area (Å²) in [5.74, 6) is 6.71. The highest BCUT2D eigenvalue weighted by molar-refractivity contribution is 5.96. The van der Waals surface area contributed by atoms with Gasteiger partial charge >= 0.3 is 6.09 Å². The summed E-state index contributed by atoms with van der Waals surface area (Å²) in [5.41, 5.74) is 5.10. The summed E-state index contributed by atoms with van der Waals surface area (Å²) in [4.78, 5) is 41.3. The molecule has 2 amide bonds. The number of amides is 2. The minimum atomic E-state index is -0.832. The maximum absolute atomic E-state index is 13.3. The lowest BCUT2D eigenvalue weighted by molar-refractivity contribution is -0.120. The number of ether oxygens (including phenoxy) is 2. The number of methoxy groups -OCH3 is 1. The molecule has 1 unspecified atom stereocenters. The Labute approximate surface area is 268 Å². The van der Waals surface area contributed by atoms with Crippen LogP contribution in [-0.2, 0) is 9.53 Å². The zero-order valence-corrected chi connectivity index (χ0v) is 27.0. The van der Waals surface area contributed by atoms with Gasteiger partial charge in [-0.05, 0) is 94.6 Å². The van der Waals surface area contributed by atoms with Gasteiger partial charge in [-0.1, -0.05) is 24.1 Å². The fourth-order valence-electron chi connectivity index (χ4n) is 4.69. The maximum Gasteiger partial charge on any atom is 0.410 e. The fourth-order valence-corrected chi connectivity index (χ4v) is 4.69. The van der Waals surface area contributed by atoms with Crippen molar-refractivity contribution in [1.82, 2.24) is 24.3 Å². The summed E-state index contributed by atoms with van der Waals surface area (Å²) < 4.78 is 13.0. The average molecular weight is 617 g/mol. The number of carbonyl (C=O) groups is 2. The molecule has 0 aliphatic rings. The van der Waals surface area contributed by atoms with E-state index in [2.05, 4.69) is 22.1 Å². The smallest absolute Gasteiger partial charge is 0.410 e. The van der Waals surface area contributed by atoms with Gasteiger partial charge in [0.25, 0.3) is 0 Å². The first kappa shape index (κ1) is 31.7. The number of hydrogen-bond acceptors (Lipinski definition) is 7. The van der Waals surface area contributed by atoms with Crippen molar-refractivity contribution in [1.29, 1.82) is 0 Å². The number of pyridine rings is 3. The number of benzene rings is 1. The molecule has 0 aliphatic heterocycles. The van der Waals surface area contributed by atoms with Gasteiger partial charge in [0.15, 0.2) is 0 Å². The highest BCUT2D eigenvalue weighted by Gasteiger charge is 2.28. The highest BCUT2D eigenvalue weighted by Crippen LogP contribution is 2.38. The first-order chi connectivity index (χ1) is 21.9. The van der Waals surface area contributed by atoms with Gasteiger partial charge in [0.05, 0.1) is 18.4 Å². The number of rotatable bonds is 6. The molecule has 46 heavy (non-hydrogen) atoms. The third kappa shape index (κ3) is 7.00. The number of hydrogen-bond donors (Lipinski definition) is 1. The first-order valence-corrected chi connectivity index (χ1v) is 14.8. The molecule has 1 atom stereocenters. The molecule has 0 bridgehead atoms. The van der Waals surface area contributed by atoms with Crippen molar-refractivity contribution in [2.24, 2.45) is 0 Å². The second kappa shape index (κ2) is 13.1. The van der Waals surface area contributed by atoms with Crippen LogP contribution in [-0.4, -0.2) is 62.1 Å². The van der Waals surface area contributed by atoms with Crippen LogP contribution in [0.5, 0.6) is 5.88 Å². The van der Waals surface area contributed by atoms with Crippen LogP contribution in [0, 0.1) is 18.8 Å².